The van der Waals surface area contributed by atoms with Crippen molar-refractivity contribution < 1.29 is 8.42 Å². The predicted octanol–water partition coefficient (Wildman–Crippen LogP) is 1.68. The molecule has 1 unspecified atom stereocenters. The van der Waals surface area contributed by atoms with E-state index in [1.54, 1.807) is 0 Å². The Morgan fingerprint density at radius 2 is 2.22 bits per heavy atom. The lowest BCUT2D eigenvalue weighted by molar-refractivity contribution is 0.203. The van der Waals surface area contributed by atoms with E-state index in [9.17, 15) is 8.42 Å². The Bertz CT molecular complexity index is 723. The van der Waals surface area contributed by atoms with Crippen LogP contribution >= 0.6 is 0 Å². The Labute approximate surface area is 137 Å². The first-order chi connectivity index (χ1) is 11.0. The number of fused-ring (bicyclic) bond motifs is 1. The highest BCUT2D eigenvalue weighted by Gasteiger charge is 2.23. The third kappa shape index (κ3) is 4.53. The number of aromatic nitrogens is 2. The minimum Gasteiger partial charge on any atom is -0.342 e. The third-order valence-electron chi connectivity index (χ3n) is 4.32. The van der Waals surface area contributed by atoms with E-state index < -0.39 is 10.0 Å². The van der Waals surface area contributed by atoms with Crippen LogP contribution in [0.4, 0.5) is 0 Å². The number of benzene rings is 1. The minimum absolute atomic E-state index is 0.430. The van der Waals surface area contributed by atoms with Gasteiger partial charge in [-0.25, -0.2) is 18.1 Å². The van der Waals surface area contributed by atoms with Crippen molar-refractivity contribution in [1.29, 1.82) is 0 Å². The first kappa shape index (κ1) is 16.4. The number of nitrogens with zero attached hydrogens (tertiary/aromatic N) is 2. The van der Waals surface area contributed by atoms with Crippen LogP contribution in [0.5, 0.6) is 0 Å². The maximum absolute atomic E-state index is 11.1. The van der Waals surface area contributed by atoms with Gasteiger partial charge in [0, 0.05) is 19.0 Å². The maximum Gasteiger partial charge on any atom is 0.208 e. The second-order valence-electron chi connectivity index (χ2n) is 6.30. The molecule has 0 radical (unpaired) electrons. The molecule has 0 aliphatic carbocycles. The van der Waals surface area contributed by atoms with E-state index in [4.69, 9.17) is 4.98 Å². The SMILES string of the molecule is CS(=O)(=O)NCCCN1CCCC(c2nc3ccccc3[nH]2)C1. The zero-order valence-electron chi connectivity index (χ0n) is 13.5. The van der Waals surface area contributed by atoms with Crippen molar-refractivity contribution in [2.75, 3.05) is 32.4 Å². The van der Waals surface area contributed by atoms with Crippen molar-refractivity contribution in [2.24, 2.45) is 0 Å². The molecule has 2 heterocycles. The number of nitrogens with one attached hydrogen (secondary N) is 2. The zero-order chi connectivity index (χ0) is 16.3. The van der Waals surface area contributed by atoms with Gasteiger partial charge >= 0.3 is 0 Å². The van der Waals surface area contributed by atoms with E-state index >= 15 is 0 Å². The normalized spacial score (nSPS) is 20.1. The first-order valence-electron chi connectivity index (χ1n) is 8.13. The van der Waals surface area contributed by atoms with Gasteiger partial charge in [0.2, 0.25) is 10.0 Å². The molecule has 1 aliphatic heterocycles. The number of sulfonamides is 1. The Kier molecular flexibility index (Phi) is 4.99. The lowest BCUT2D eigenvalue weighted by atomic mass is 9.97. The number of rotatable bonds is 6. The Morgan fingerprint density at radius 1 is 1.39 bits per heavy atom. The second kappa shape index (κ2) is 6.98. The molecule has 0 spiro atoms. The van der Waals surface area contributed by atoms with Crippen LogP contribution < -0.4 is 4.72 Å². The lowest BCUT2D eigenvalue weighted by Gasteiger charge is -2.31. The third-order valence-corrected chi connectivity index (χ3v) is 5.04. The van der Waals surface area contributed by atoms with Crippen molar-refractivity contribution in [3.63, 3.8) is 0 Å². The minimum atomic E-state index is -3.08. The van der Waals surface area contributed by atoms with E-state index in [1.807, 2.05) is 18.2 Å². The summed E-state index contributed by atoms with van der Waals surface area (Å²) in [6.07, 6.45) is 4.34. The number of hydrogen-bond acceptors (Lipinski definition) is 4. The van der Waals surface area contributed by atoms with Crippen molar-refractivity contribution in [3.8, 4) is 0 Å². The summed E-state index contributed by atoms with van der Waals surface area (Å²) in [6, 6.07) is 8.12. The van der Waals surface area contributed by atoms with Gasteiger partial charge in [0.15, 0.2) is 0 Å². The molecule has 1 aliphatic rings. The van der Waals surface area contributed by atoms with Crippen molar-refractivity contribution in [2.45, 2.75) is 25.2 Å². The molecule has 0 saturated carbocycles. The molecule has 7 heteroatoms. The van der Waals surface area contributed by atoms with Gasteiger partial charge in [-0.2, -0.15) is 0 Å². The quantitative estimate of drug-likeness (QED) is 0.787. The number of likely N-dealkylation sites (tertiary alicyclic amines) is 1. The highest BCUT2D eigenvalue weighted by Crippen LogP contribution is 2.26. The smallest absolute Gasteiger partial charge is 0.208 e. The van der Waals surface area contributed by atoms with Crippen molar-refractivity contribution in [3.05, 3.63) is 30.1 Å². The molecular weight excluding hydrogens is 312 g/mol. The molecule has 1 aromatic carbocycles. The first-order valence-corrected chi connectivity index (χ1v) is 10.0. The summed E-state index contributed by atoms with van der Waals surface area (Å²) in [5.41, 5.74) is 2.12. The van der Waals surface area contributed by atoms with Crippen molar-refractivity contribution in [1.82, 2.24) is 19.6 Å². The molecule has 2 aromatic rings. The highest BCUT2D eigenvalue weighted by molar-refractivity contribution is 7.88. The standard InChI is InChI=1S/C16H24N4O2S/c1-23(21,22)17-9-5-11-20-10-4-6-13(12-20)16-18-14-7-2-3-8-15(14)19-16/h2-3,7-8,13,17H,4-6,9-12H2,1H3,(H,18,19). The van der Waals surface area contributed by atoms with Crippen LogP contribution in [0.2, 0.25) is 0 Å². The predicted molar refractivity (Wildman–Crippen MR) is 92.0 cm³/mol. The fraction of sp³-hybridized carbons (Fsp3) is 0.562. The fourth-order valence-electron chi connectivity index (χ4n) is 3.21. The summed E-state index contributed by atoms with van der Waals surface area (Å²) in [5.74, 6) is 1.50. The highest BCUT2D eigenvalue weighted by atomic mass is 32.2. The number of aromatic amines is 1. The molecule has 3 rings (SSSR count). The molecule has 1 aromatic heterocycles. The molecule has 1 saturated heterocycles. The van der Waals surface area contributed by atoms with E-state index in [1.165, 1.54) is 6.26 Å². The summed E-state index contributed by atoms with van der Waals surface area (Å²) in [6.45, 7) is 3.48. The van der Waals surface area contributed by atoms with Gasteiger partial charge in [0.1, 0.15) is 5.82 Å². The summed E-state index contributed by atoms with van der Waals surface area (Å²) in [5, 5.41) is 0. The molecule has 1 atom stereocenters. The lowest BCUT2D eigenvalue weighted by Crippen LogP contribution is -2.36. The van der Waals surface area contributed by atoms with E-state index in [0.717, 1.165) is 55.8 Å². The monoisotopic (exact) mass is 336 g/mol. The summed E-state index contributed by atoms with van der Waals surface area (Å²) in [4.78, 5) is 10.6. The van der Waals surface area contributed by atoms with Gasteiger partial charge in [-0.3, -0.25) is 0 Å². The number of para-hydroxylation sites is 2. The average molecular weight is 336 g/mol. The summed E-state index contributed by atoms with van der Waals surface area (Å²) in [7, 11) is -3.08. The second-order valence-corrected chi connectivity index (χ2v) is 8.13. The summed E-state index contributed by atoms with van der Waals surface area (Å²) >= 11 is 0. The van der Waals surface area contributed by atoms with E-state index in [0.29, 0.717) is 12.5 Å². The average Bonchev–Trinajstić information content (AvgIpc) is 2.95. The largest absolute Gasteiger partial charge is 0.342 e. The molecule has 126 valence electrons. The topological polar surface area (TPSA) is 78.1 Å². The zero-order valence-corrected chi connectivity index (χ0v) is 14.3. The molecule has 0 bridgehead atoms. The van der Waals surface area contributed by atoms with Crippen LogP contribution in [0.25, 0.3) is 11.0 Å². The van der Waals surface area contributed by atoms with Gasteiger partial charge < -0.3 is 9.88 Å². The molecule has 6 nitrogen and oxygen atoms in total. The number of hydrogen-bond donors (Lipinski definition) is 2. The van der Waals surface area contributed by atoms with E-state index in [-0.39, 0.29) is 0 Å². The van der Waals surface area contributed by atoms with Crippen LogP contribution in [0, 0.1) is 0 Å². The van der Waals surface area contributed by atoms with Gasteiger partial charge in [0.25, 0.3) is 0 Å². The summed E-state index contributed by atoms with van der Waals surface area (Å²) < 4.78 is 24.7. The van der Waals surface area contributed by atoms with Crippen LogP contribution in [0.1, 0.15) is 31.0 Å². The molecule has 2 N–H and O–H groups in total. The Morgan fingerprint density at radius 3 is 3.00 bits per heavy atom. The molecular formula is C16H24N4O2S. The molecule has 0 amide bonds. The number of imidazole rings is 1. The Balaban J connectivity index is 1.55. The van der Waals surface area contributed by atoms with E-state index in [2.05, 4.69) is 20.7 Å². The van der Waals surface area contributed by atoms with Crippen LogP contribution in [0.15, 0.2) is 24.3 Å². The molecule has 23 heavy (non-hydrogen) atoms. The van der Waals surface area contributed by atoms with Crippen molar-refractivity contribution >= 4 is 21.1 Å². The van der Waals surface area contributed by atoms with Gasteiger partial charge in [-0.15, -0.1) is 0 Å². The van der Waals surface area contributed by atoms with Gasteiger partial charge in [0.05, 0.1) is 17.3 Å². The fourth-order valence-corrected chi connectivity index (χ4v) is 3.72. The van der Waals surface area contributed by atoms with Crippen LogP contribution in [-0.4, -0.2) is 55.7 Å². The maximum atomic E-state index is 11.1. The van der Waals surface area contributed by atoms with Gasteiger partial charge in [-0.05, 0) is 44.5 Å². The van der Waals surface area contributed by atoms with Crippen LogP contribution in [0.3, 0.4) is 0 Å². The van der Waals surface area contributed by atoms with Crippen LogP contribution in [-0.2, 0) is 10.0 Å². The Hall–Kier alpha value is -1.44. The number of piperidine rings is 1. The number of H-pyrrole nitrogens is 1. The molecule has 1 fully saturated rings. The van der Waals surface area contributed by atoms with Gasteiger partial charge in [-0.1, -0.05) is 12.1 Å².